The fourth-order valence-corrected chi connectivity index (χ4v) is 3.65. The molecule has 2 aromatic rings. The van der Waals surface area contributed by atoms with Crippen molar-refractivity contribution >= 4 is 11.5 Å². The first-order valence-electron chi connectivity index (χ1n) is 7.94. The van der Waals surface area contributed by atoms with Crippen LogP contribution in [0.4, 0.5) is 11.5 Å². The van der Waals surface area contributed by atoms with E-state index < -0.39 is 0 Å². The highest BCUT2D eigenvalue weighted by Crippen LogP contribution is 2.36. The normalized spacial score (nSPS) is 16.7. The van der Waals surface area contributed by atoms with Gasteiger partial charge in [-0.3, -0.25) is 0 Å². The number of aryl methyl sites for hydroxylation is 3. The first kappa shape index (κ1) is 12.8. The molecule has 21 heavy (non-hydrogen) atoms. The molecule has 0 saturated heterocycles. The van der Waals surface area contributed by atoms with Crippen LogP contribution in [0.25, 0.3) is 0 Å². The number of hydrogen-bond donors (Lipinski definition) is 1. The minimum atomic E-state index is 0.564. The van der Waals surface area contributed by atoms with E-state index in [1.807, 2.05) is 0 Å². The number of fused-ring (bicyclic) bond motifs is 2. The minimum absolute atomic E-state index is 0.564. The molecule has 0 bridgehead atoms. The van der Waals surface area contributed by atoms with Gasteiger partial charge in [-0.05, 0) is 55.4 Å². The molecule has 0 saturated carbocycles. The van der Waals surface area contributed by atoms with Gasteiger partial charge in [-0.2, -0.15) is 0 Å². The zero-order chi connectivity index (χ0) is 14.2. The highest BCUT2D eigenvalue weighted by Gasteiger charge is 2.23. The summed E-state index contributed by atoms with van der Waals surface area (Å²) in [5, 5.41) is 0. The molecule has 0 radical (unpaired) electrons. The van der Waals surface area contributed by atoms with Crippen LogP contribution < -0.4 is 10.6 Å². The van der Waals surface area contributed by atoms with Crippen LogP contribution in [-0.4, -0.2) is 11.5 Å². The SMILES string of the molecule is NCc1cc2c(nc1N1CCCc3ccccc31)CCC2. The number of rotatable bonds is 2. The monoisotopic (exact) mass is 279 g/mol. The number of benzene rings is 1. The largest absolute Gasteiger partial charge is 0.326 e. The molecule has 0 fully saturated rings. The highest BCUT2D eigenvalue weighted by molar-refractivity contribution is 5.68. The molecular weight excluding hydrogens is 258 g/mol. The van der Waals surface area contributed by atoms with E-state index in [-0.39, 0.29) is 0 Å². The van der Waals surface area contributed by atoms with Crippen molar-refractivity contribution in [2.45, 2.75) is 38.6 Å². The molecule has 0 unspecified atom stereocenters. The van der Waals surface area contributed by atoms with Crippen molar-refractivity contribution in [1.82, 2.24) is 4.98 Å². The molecule has 4 rings (SSSR count). The van der Waals surface area contributed by atoms with Gasteiger partial charge in [0, 0.05) is 30.0 Å². The van der Waals surface area contributed by atoms with Crippen molar-refractivity contribution in [3.05, 3.63) is 52.7 Å². The first-order valence-corrected chi connectivity index (χ1v) is 7.94. The summed E-state index contributed by atoms with van der Waals surface area (Å²) < 4.78 is 0. The van der Waals surface area contributed by atoms with E-state index in [9.17, 15) is 0 Å². The van der Waals surface area contributed by atoms with Crippen molar-refractivity contribution in [1.29, 1.82) is 0 Å². The lowest BCUT2D eigenvalue weighted by Gasteiger charge is -2.32. The summed E-state index contributed by atoms with van der Waals surface area (Å²) >= 11 is 0. The molecule has 1 aliphatic carbocycles. The van der Waals surface area contributed by atoms with Crippen LogP contribution in [0.2, 0.25) is 0 Å². The quantitative estimate of drug-likeness (QED) is 0.918. The minimum Gasteiger partial charge on any atom is -0.326 e. The summed E-state index contributed by atoms with van der Waals surface area (Å²) in [5.74, 6) is 1.09. The van der Waals surface area contributed by atoms with Crippen LogP contribution in [-0.2, 0) is 25.8 Å². The smallest absolute Gasteiger partial charge is 0.137 e. The Morgan fingerprint density at radius 1 is 1.05 bits per heavy atom. The Kier molecular flexibility index (Phi) is 3.15. The number of para-hydroxylation sites is 1. The van der Waals surface area contributed by atoms with Crippen molar-refractivity contribution < 1.29 is 0 Å². The van der Waals surface area contributed by atoms with Gasteiger partial charge < -0.3 is 10.6 Å². The summed E-state index contributed by atoms with van der Waals surface area (Å²) in [6.45, 7) is 1.60. The fourth-order valence-electron chi connectivity index (χ4n) is 3.65. The number of nitrogens with two attached hydrogens (primary N) is 1. The molecular formula is C18H21N3. The maximum atomic E-state index is 6.00. The zero-order valence-electron chi connectivity index (χ0n) is 12.3. The molecule has 0 spiro atoms. The number of aromatic nitrogens is 1. The van der Waals surface area contributed by atoms with Crippen molar-refractivity contribution in [2.24, 2.45) is 5.73 Å². The summed E-state index contributed by atoms with van der Waals surface area (Å²) in [7, 11) is 0. The molecule has 2 heterocycles. The van der Waals surface area contributed by atoms with Crippen LogP contribution in [0.15, 0.2) is 30.3 Å². The Labute approximate surface area is 125 Å². The molecule has 0 atom stereocenters. The Bertz CT molecular complexity index is 678. The molecule has 2 N–H and O–H groups in total. The standard InChI is InChI=1S/C18H21N3/c19-12-15-11-14-6-3-8-16(14)20-18(15)21-10-4-7-13-5-1-2-9-17(13)21/h1-2,5,9,11H,3-4,6-8,10,12,19H2. The number of nitrogens with zero attached hydrogens (tertiary/aromatic N) is 2. The Hall–Kier alpha value is -1.87. The number of hydrogen-bond acceptors (Lipinski definition) is 3. The van der Waals surface area contributed by atoms with Crippen molar-refractivity contribution in [3.8, 4) is 0 Å². The summed E-state index contributed by atoms with van der Waals surface area (Å²) in [4.78, 5) is 7.37. The molecule has 0 amide bonds. The summed E-state index contributed by atoms with van der Waals surface area (Å²) in [5.41, 5.74) is 12.6. The van der Waals surface area contributed by atoms with Crippen molar-refractivity contribution in [2.75, 3.05) is 11.4 Å². The van der Waals surface area contributed by atoms with E-state index >= 15 is 0 Å². The van der Waals surface area contributed by atoms with Gasteiger partial charge in [0.1, 0.15) is 5.82 Å². The lowest BCUT2D eigenvalue weighted by Crippen LogP contribution is -2.27. The molecule has 108 valence electrons. The van der Waals surface area contributed by atoms with Gasteiger partial charge in [0.05, 0.1) is 0 Å². The average Bonchev–Trinajstić information content (AvgIpc) is 3.00. The van der Waals surface area contributed by atoms with Crippen LogP contribution >= 0.6 is 0 Å². The van der Waals surface area contributed by atoms with E-state index in [1.54, 1.807) is 0 Å². The maximum Gasteiger partial charge on any atom is 0.137 e. The summed E-state index contributed by atoms with van der Waals surface area (Å²) in [6, 6.07) is 11.0. The zero-order valence-corrected chi connectivity index (χ0v) is 12.3. The van der Waals surface area contributed by atoms with Crippen molar-refractivity contribution in [3.63, 3.8) is 0 Å². The molecule has 2 aliphatic rings. The third kappa shape index (κ3) is 2.12. The van der Waals surface area contributed by atoms with Gasteiger partial charge in [0.15, 0.2) is 0 Å². The topological polar surface area (TPSA) is 42.1 Å². The van der Waals surface area contributed by atoms with Gasteiger partial charge in [0.2, 0.25) is 0 Å². The second-order valence-corrected chi connectivity index (χ2v) is 6.02. The van der Waals surface area contributed by atoms with Gasteiger partial charge in [-0.25, -0.2) is 4.98 Å². The molecule has 3 heteroatoms. The molecule has 1 aliphatic heterocycles. The van der Waals surface area contributed by atoms with Gasteiger partial charge in [0.25, 0.3) is 0 Å². The Morgan fingerprint density at radius 3 is 2.81 bits per heavy atom. The predicted molar refractivity (Wildman–Crippen MR) is 85.9 cm³/mol. The van der Waals surface area contributed by atoms with E-state index in [4.69, 9.17) is 10.7 Å². The lowest BCUT2D eigenvalue weighted by atomic mass is 10.0. The van der Waals surface area contributed by atoms with Crippen LogP contribution in [0.1, 0.15) is 35.2 Å². The third-order valence-electron chi connectivity index (χ3n) is 4.69. The van der Waals surface area contributed by atoms with Gasteiger partial charge in [-0.1, -0.05) is 18.2 Å². The lowest BCUT2D eigenvalue weighted by molar-refractivity contribution is 0.753. The van der Waals surface area contributed by atoms with Crippen LogP contribution in [0.5, 0.6) is 0 Å². The molecule has 3 nitrogen and oxygen atoms in total. The van der Waals surface area contributed by atoms with Crippen LogP contribution in [0, 0.1) is 0 Å². The number of anilines is 2. The average molecular weight is 279 g/mol. The second kappa shape index (κ2) is 5.15. The van der Waals surface area contributed by atoms with Gasteiger partial charge in [-0.15, -0.1) is 0 Å². The maximum absolute atomic E-state index is 6.00. The van der Waals surface area contributed by atoms with Gasteiger partial charge >= 0.3 is 0 Å². The highest BCUT2D eigenvalue weighted by atomic mass is 15.2. The first-order chi connectivity index (χ1) is 10.4. The molecule has 1 aromatic heterocycles. The van der Waals surface area contributed by atoms with E-state index in [1.165, 1.54) is 40.9 Å². The van der Waals surface area contributed by atoms with E-state index in [0.717, 1.165) is 31.6 Å². The third-order valence-corrected chi connectivity index (χ3v) is 4.69. The molecule has 1 aromatic carbocycles. The fraction of sp³-hybridized carbons (Fsp3) is 0.389. The Morgan fingerprint density at radius 2 is 1.90 bits per heavy atom. The van der Waals surface area contributed by atoms with E-state index in [0.29, 0.717) is 6.54 Å². The summed E-state index contributed by atoms with van der Waals surface area (Å²) in [6.07, 6.45) is 5.84. The van der Waals surface area contributed by atoms with Crippen LogP contribution in [0.3, 0.4) is 0 Å². The predicted octanol–water partition coefficient (Wildman–Crippen LogP) is 3.11. The van der Waals surface area contributed by atoms with E-state index in [2.05, 4.69) is 35.2 Å². The number of pyridine rings is 1. The second-order valence-electron chi connectivity index (χ2n) is 6.02. The Balaban J connectivity index is 1.84.